The molecule has 2 rings (SSSR count). The van der Waals surface area contributed by atoms with E-state index in [1.54, 1.807) is 4.90 Å². The topological polar surface area (TPSA) is 41.6 Å². The van der Waals surface area contributed by atoms with Crippen LogP contribution < -0.4 is 5.32 Å². The Hall–Kier alpha value is -1.55. The van der Waals surface area contributed by atoms with Crippen LogP contribution in [-0.2, 0) is 4.74 Å². The van der Waals surface area contributed by atoms with E-state index in [1.165, 1.54) is 0 Å². The summed E-state index contributed by atoms with van der Waals surface area (Å²) in [5.74, 6) is 0.528. The van der Waals surface area contributed by atoms with Crippen molar-refractivity contribution in [3.05, 3.63) is 29.8 Å². The lowest BCUT2D eigenvalue weighted by atomic mass is 10.0. The molecule has 0 bridgehead atoms. The number of rotatable bonds is 4. The first-order valence-electron chi connectivity index (χ1n) is 6.82. The highest BCUT2D eigenvalue weighted by atomic mass is 16.5. The van der Waals surface area contributed by atoms with E-state index in [1.807, 2.05) is 38.4 Å². The number of amides is 1. The van der Waals surface area contributed by atoms with Crippen LogP contribution in [0, 0.1) is 5.92 Å². The molecule has 1 heterocycles. The first-order valence-corrected chi connectivity index (χ1v) is 6.82. The number of ether oxygens (including phenoxy) is 1. The molecule has 4 heteroatoms. The van der Waals surface area contributed by atoms with Crippen molar-refractivity contribution in [3.8, 4) is 0 Å². The summed E-state index contributed by atoms with van der Waals surface area (Å²) in [6, 6.07) is 7.61. The summed E-state index contributed by atoms with van der Waals surface area (Å²) >= 11 is 0. The molecule has 0 aromatic heterocycles. The monoisotopic (exact) mass is 262 g/mol. The zero-order chi connectivity index (χ0) is 13.7. The van der Waals surface area contributed by atoms with E-state index >= 15 is 0 Å². The van der Waals surface area contributed by atoms with Gasteiger partial charge in [0.25, 0.3) is 5.91 Å². The summed E-state index contributed by atoms with van der Waals surface area (Å²) in [5, 5.41) is 3.06. The van der Waals surface area contributed by atoms with E-state index in [9.17, 15) is 4.79 Å². The number of anilines is 1. The van der Waals surface area contributed by atoms with Gasteiger partial charge in [-0.05, 0) is 30.9 Å². The molecule has 0 aliphatic carbocycles. The maximum Gasteiger partial charge on any atom is 0.255 e. The highest BCUT2D eigenvalue weighted by Crippen LogP contribution is 2.19. The van der Waals surface area contributed by atoms with Crippen molar-refractivity contribution >= 4 is 11.6 Å². The van der Waals surface area contributed by atoms with Gasteiger partial charge < -0.3 is 15.0 Å². The second-order valence-electron chi connectivity index (χ2n) is 5.06. The van der Waals surface area contributed by atoms with Crippen molar-refractivity contribution < 1.29 is 9.53 Å². The minimum Gasteiger partial charge on any atom is -0.387 e. The third-order valence-corrected chi connectivity index (χ3v) is 3.56. The number of hydrogen-bond donors (Lipinski definition) is 1. The molecule has 1 N–H and O–H groups in total. The predicted octanol–water partition coefficient (Wildman–Crippen LogP) is 2.23. The van der Waals surface area contributed by atoms with E-state index in [0.717, 1.165) is 43.9 Å². The Labute approximate surface area is 114 Å². The van der Waals surface area contributed by atoms with Crippen LogP contribution in [0.15, 0.2) is 24.3 Å². The summed E-state index contributed by atoms with van der Waals surface area (Å²) < 4.78 is 5.46. The Morgan fingerprint density at radius 2 is 2.26 bits per heavy atom. The zero-order valence-electron chi connectivity index (χ0n) is 11.7. The van der Waals surface area contributed by atoms with Crippen LogP contribution >= 0.6 is 0 Å². The lowest BCUT2D eigenvalue weighted by Gasteiger charge is -2.27. The van der Waals surface area contributed by atoms with E-state index in [4.69, 9.17) is 4.74 Å². The highest BCUT2D eigenvalue weighted by molar-refractivity contribution is 5.99. The Balaban J connectivity index is 2.01. The molecule has 1 aromatic rings. The van der Waals surface area contributed by atoms with Gasteiger partial charge in [-0.25, -0.2) is 0 Å². The molecule has 4 nitrogen and oxygen atoms in total. The number of carbonyl (C=O) groups excluding carboxylic acids is 1. The molecule has 1 aliphatic rings. The second kappa shape index (κ2) is 6.57. The molecule has 1 fully saturated rings. The third kappa shape index (κ3) is 3.47. The maximum absolute atomic E-state index is 12.4. The van der Waals surface area contributed by atoms with Crippen molar-refractivity contribution in [1.29, 1.82) is 0 Å². The summed E-state index contributed by atoms with van der Waals surface area (Å²) in [6.45, 7) is 2.39. The lowest BCUT2D eigenvalue weighted by Crippen LogP contribution is -2.35. The number of nitrogens with one attached hydrogen (secondary N) is 1. The van der Waals surface area contributed by atoms with Gasteiger partial charge in [0.15, 0.2) is 0 Å². The average molecular weight is 262 g/mol. The fraction of sp³-hybridized carbons (Fsp3) is 0.533. The van der Waals surface area contributed by atoms with Gasteiger partial charge in [-0.3, -0.25) is 4.79 Å². The van der Waals surface area contributed by atoms with Crippen LogP contribution in [0.2, 0.25) is 0 Å². The lowest BCUT2D eigenvalue weighted by molar-refractivity contribution is 0.0389. The highest BCUT2D eigenvalue weighted by Gasteiger charge is 2.20. The molecule has 1 atom stereocenters. The quantitative estimate of drug-likeness (QED) is 0.904. The van der Waals surface area contributed by atoms with Gasteiger partial charge in [0.2, 0.25) is 0 Å². The summed E-state index contributed by atoms with van der Waals surface area (Å²) in [7, 11) is 3.70. The van der Waals surface area contributed by atoms with Crippen LogP contribution in [0.4, 0.5) is 5.69 Å². The number of carbonyl (C=O) groups is 1. The van der Waals surface area contributed by atoms with E-state index in [-0.39, 0.29) is 5.91 Å². The molecular formula is C15H22N2O2. The van der Waals surface area contributed by atoms with Crippen molar-refractivity contribution in [2.75, 3.05) is 39.2 Å². The van der Waals surface area contributed by atoms with Crippen LogP contribution in [0.3, 0.4) is 0 Å². The largest absolute Gasteiger partial charge is 0.387 e. The molecule has 1 unspecified atom stereocenters. The van der Waals surface area contributed by atoms with Gasteiger partial charge in [-0.1, -0.05) is 12.1 Å². The second-order valence-corrected chi connectivity index (χ2v) is 5.06. The minimum absolute atomic E-state index is 0.0653. The predicted molar refractivity (Wildman–Crippen MR) is 76.5 cm³/mol. The first-order chi connectivity index (χ1) is 9.22. The Morgan fingerprint density at radius 1 is 1.47 bits per heavy atom. The normalized spacial score (nSPS) is 18.9. The van der Waals surface area contributed by atoms with Crippen LogP contribution in [-0.4, -0.2) is 44.7 Å². The first kappa shape index (κ1) is 13.9. The fourth-order valence-corrected chi connectivity index (χ4v) is 2.51. The Morgan fingerprint density at radius 3 is 2.95 bits per heavy atom. The van der Waals surface area contributed by atoms with Gasteiger partial charge in [0.1, 0.15) is 0 Å². The standard InChI is InChI=1S/C15H22N2O2/c1-16-14-8-4-3-7-13(14)15(18)17(2)10-12-6-5-9-19-11-12/h3-4,7-8,12,16H,5-6,9-11H2,1-2H3. The van der Waals surface area contributed by atoms with Gasteiger partial charge in [0.05, 0.1) is 12.2 Å². The molecule has 1 aromatic carbocycles. The van der Waals surface area contributed by atoms with Crippen molar-refractivity contribution in [2.45, 2.75) is 12.8 Å². The van der Waals surface area contributed by atoms with Crippen LogP contribution in [0.1, 0.15) is 23.2 Å². The number of hydrogen-bond acceptors (Lipinski definition) is 3. The zero-order valence-corrected chi connectivity index (χ0v) is 11.7. The Bertz CT molecular complexity index is 428. The molecule has 19 heavy (non-hydrogen) atoms. The van der Waals surface area contributed by atoms with Gasteiger partial charge in [-0.2, -0.15) is 0 Å². The maximum atomic E-state index is 12.4. The molecule has 1 aliphatic heterocycles. The summed E-state index contributed by atoms with van der Waals surface area (Å²) in [6.07, 6.45) is 2.24. The molecule has 0 radical (unpaired) electrons. The van der Waals surface area contributed by atoms with E-state index in [0.29, 0.717) is 5.92 Å². The summed E-state index contributed by atoms with van der Waals surface area (Å²) in [5.41, 5.74) is 1.60. The SMILES string of the molecule is CNc1ccccc1C(=O)N(C)CC1CCCOC1. The van der Waals surface area contributed by atoms with Crippen LogP contribution in [0.25, 0.3) is 0 Å². The van der Waals surface area contributed by atoms with Gasteiger partial charge in [-0.15, -0.1) is 0 Å². The van der Waals surface area contributed by atoms with Crippen molar-refractivity contribution in [1.82, 2.24) is 4.90 Å². The molecule has 1 amide bonds. The number of benzene rings is 1. The smallest absolute Gasteiger partial charge is 0.255 e. The van der Waals surface area contributed by atoms with Crippen molar-refractivity contribution in [2.24, 2.45) is 5.92 Å². The van der Waals surface area contributed by atoms with Crippen LogP contribution in [0.5, 0.6) is 0 Å². The number of nitrogens with zero attached hydrogens (tertiary/aromatic N) is 1. The number of para-hydroxylation sites is 1. The summed E-state index contributed by atoms with van der Waals surface area (Å²) in [4.78, 5) is 14.2. The molecule has 0 saturated carbocycles. The molecule has 0 spiro atoms. The average Bonchev–Trinajstić information content (AvgIpc) is 2.47. The van der Waals surface area contributed by atoms with Gasteiger partial charge >= 0.3 is 0 Å². The van der Waals surface area contributed by atoms with Gasteiger partial charge in [0, 0.05) is 32.9 Å². The van der Waals surface area contributed by atoms with E-state index in [2.05, 4.69) is 5.32 Å². The molecular weight excluding hydrogens is 240 g/mol. The fourth-order valence-electron chi connectivity index (χ4n) is 2.51. The van der Waals surface area contributed by atoms with Crippen molar-refractivity contribution in [3.63, 3.8) is 0 Å². The van der Waals surface area contributed by atoms with E-state index < -0.39 is 0 Å². The molecule has 1 saturated heterocycles. The Kier molecular flexibility index (Phi) is 4.80. The molecule has 104 valence electrons. The third-order valence-electron chi connectivity index (χ3n) is 3.56. The minimum atomic E-state index is 0.0653.